The van der Waals surface area contributed by atoms with Crippen molar-refractivity contribution in [3.8, 4) is 0 Å². The highest BCUT2D eigenvalue weighted by molar-refractivity contribution is 7.99. The van der Waals surface area contributed by atoms with Gasteiger partial charge in [-0.1, -0.05) is 18.7 Å². The van der Waals surface area contributed by atoms with Crippen molar-refractivity contribution < 1.29 is 0 Å². The standard InChI is InChI=1S/C15H21N3S2/c1-5-12(16)14(13-7-6-11(4)19-13)20-15-17-9(2)8-10(3)18-15/h6-8,12,14H,5,16H2,1-4H3. The van der Waals surface area contributed by atoms with Crippen LogP contribution in [0.1, 0.15) is 39.7 Å². The summed E-state index contributed by atoms with van der Waals surface area (Å²) in [6.07, 6.45) is 0.944. The highest BCUT2D eigenvalue weighted by atomic mass is 32.2. The summed E-state index contributed by atoms with van der Waals surface area (Å²) in [4.78, 5) is 11.7. The average Bonchev–Trinajstić information content (AvgIpc) is 2.80. The summed E-state index contributed by atoms with van der Waals surface area (Å²) >= 11 is 3.49. The first-order chi connectivity index (χ1) is 9.49. The van der Waals surface area contributed by atoms with Crippen LogP contribution in [0.3, 0.4) is 0 Å². The van der Waals surface area contributed by atoms with Gasteiger partial charge >= 0.3 is 0 Å². The van der Waals surface area contributed by atoms with Crippen LogP contribution in [-0.4, -0.2) is 16.0 Å². The number of nitrogens with two attached hydrogens (primary N) is 1. The van der Waals surface area contributed by atoms with Gasteiger partial charge in [-0.3, -0.25) is 0 Å². The monoisotopic (exact) mass is 307 g/mol. The fourth-order valence-electron chi connectivity index (χ4n) is 2.04. The van der Waals surface area contributed by atoms with Crippen molar-refractivity contribution >= 4 is 23.1 Å². The normalized spacial score (nSPS) is 14.2. The molecular formula is C15H21N3S2. The van der Waals surface area contributed by atoms with E-state index in [2.05, 4.69) is 35.9 Å². The molecule has 0 aliphatic rings. The summed E-state index contributed by atoms with van der Waals surface area (Å²) in [5.41, 5.74) is 8.32. The Hall–Kier alpha value is -0.910. The first-order valence-corrected chi connectivity index (χ1v) is 8.50. The van der Waals surface area contributed by atoms with Crippen LogP contribution >= 0.6 is 23.1 Å². The number of aryl methyl sites for hydroxylation is 3. The highest BCUT2D eigenvalue weighted by Gasteiger charge is 2.23. The lowest BCUT2D eigenvalue weighted by atomic mass is 10.1. The molecule has 0 spiro atoms. The first-order valence-electron chi connectivity index (χ1n) is 6.80. The number of hydrogen-bond donors (Lipinski definition) is 1. The summed E-state index contributed by atoms with van der Waals surface area (Å²) < 4.78 is 0. The van der Waals surface area contributed by atoms with Crippen molar-refractivity contribution in [1.82, 2.24) is 9.97 Å². The summed E-state index contributed by atoms with van der Waals surface area (Å²) in [6, 6.07) is 6.44. The maximum Gasteiger partial charge on any atom is 0.188 e. The fourth-order valence-corrected chi connectivity index (χ4v) is 4.44. The molecule has 0 saturated heterocycles. The van der Waals surface area contributed by atoms with Crippen LogP contribution in [0.4, 0.5) is 0 Å². The Morgan fingerprint density at radius 2 is 1.85 bits per heavy atom. The Labute approximate surface area is 129 Å². The number of thiophene rings is 1. The van der Waals surface area contributed by atoms with Crippen molar-refractivity contribution in [3.63, 3.8) is 0 Å². The van der Waals surface area contributed by atoms with Crippen LogP contribution in [0, 0.1) is 20.8 Å². The van der Waals surface area contributed by atoms with Crippen molar-refractivity contribution in [1.29, 1.82) is 0 Å². The summed E-state index contributed by atoms with van der Waals surface area (Å²) in [5.74, 6) is 0. The summed E-state index contributed by atoms with van der Waals surface area (Å²) in [7, 11) is 0. The molecule has 2 aromatic rings. The van der Waals surface area contributed by atoms with E-state index >= 15 is 0 Å². The minimum atomic E-state index is 0.113. The minimum absolute atomic E-state index is 0.113. The third-order valence-corrected chi connectivity index (χ3v) is 5.58. The molecule has 5 heteroatoms. The van der Waals surface area contributed by atoms with Gasteiger partial charge in [-0.2, -0.15) is 0 Å². The molecule has 0 aliphatic carbocycles. The molecule has 0 aromatic carbocycles. The van der Waals surface area contributed by atoms with Crippen LogP contribution in [0.25, 0.3) is 0 Å². The van der Waals surface area contributed by atoms with Gasteiger partial charge in [-0.25, -0.2) is 9.97 Å². The van der Waals surface area contributed by atoms with Gasteiger partial charge < -0.3 is 5.73 Å². The maximum atomic E-state index is 6.31. The lowest BCUT2D eigenvalue weighted by molar-refractivity contribution is 0.638. The zero-order chi connectivity index (χ0) is 14.7. The molecule has 2 unspecified atom stereocenters. The van der Waals surface area contributed by atoms with Gasteiger partial charge in [0, 0.05) is 27.2 Å². The number of rotatable bonds is 5. The molecule has 0 amide bonds. The topological polar surface area (TPSA) is 51.8 Å². The van der Waals surface area contributed by atoms with Gasteiger partial charge in [0.1, 0.15) is 0 Å². The van der Waals surface area contributed by atoms with E-state index in [0.29, 0.717) is 0 Å². The Kier molecular flexibility index (Phi) is 5.18. The Morgan fingerprint density at radius 3 is 2.35 bits per heavy atom. The molecule has 0 saturated carbocycles. The van der Waals surface area contributed by atoms with E-state index in [1.807, 2.05) is 31.3 Å². The lowest BCUT2D eigenvalue weighted by Crippen LogP contribution is -2.25. The molecule has 2 rings (SSSR count). The summed E-state index contributed by atoms with van der Waals surface area (Å²) in [6.45, 7) is 8.26. The molecule has 3 nitrogen and oxygen atoms in total. The molecule has 108 valence electrons. The zero-order valence-electron chi connectivity index (χ0n) is 12.4. The predicted molar refractivity (Wildman–Crippen MR) is 87.4 cm³/mol. The second-order valence-electron chi connectivity index (χ2n) is 4.99. The van der Waals surface area contributed by atoms with E-state index in [0.717, 1.165) is 23.0 Å². The number of thioether (sulfide) groups is 1. The summed E-state index contributed by atoms with van der Waals surface area (Å²) in [5, 5.41) is 1.04. The molecule has 0 fully saturated rings. The largest absolute Gasteiger partial charge is 0.326 e. The molecule has 0 radical (unpaired) electrons. The van der Waals surface area contributed by atoms with Crippen molar-refractivity contribution in [2.24, 2.45) is 5.73 Å². The Morgan fingerprint density at radius 1 is 1.20 bits per heavy atom. The molecule has 2 atom stereocenters. The van der Waals surface area contributed by atoms with Crippen LogP contribution < -0.4 is 5.73 Å². The van der Waals surface area contributed by atoms with Crippen molar-refractivity contribution in [2.75, 3.05) is 0 Å². The predicted octanol–water partition coefficient (Wildman–Crippen LogP) is 4.03. The van der Waals surface area contributed by atoms with Gasteiger partial charge in [0.15, 0.2) is 5.16 Å². The van der Waals surface area contributed by atoms with Crippen molar-refractivity contribution in [2.45, 2.75) is 50.6 Å². The highest BCUT2D eigenvalue weighted by Crippen LogP contribution is 2.39. The van der Waals surface area contributed by atoms with Gasteiger partial charge in [-0.15, -0.1) is 11.3 Å². The molecule has 0 aliphatic heterocycles. The quantitative estimate of drug-likeness (QED) is 0.669. The molecule has 2 heterocycles. The van der Waals surface area contributed by atoms with E-state index in [1.54, 1.807) is 11.8 Å². The Bertz CT molecular complexity index is 560. The van der Waals surface area contributed by atoms with Gasteiger partial charge in [0.25, 0.3) is 0 Å². The van der Waals surface area contributed by atoms with E-state index in [1.165, 1.54) is 9.75 Å². The molecule has 0 bridgehead atoms. The molecular weight excluding hydrogens is 286 g/mol. The number of aromatic nitrogens is 2. The smallest absolute Gasteiger partial charge is 0.188 e. The minimum Gasteiger partial charge on any atom is -0.326 e. The first kappa shape index (κ1) is 15.5. The SMILES string of the molecule is CCC(N)C(Sc1nc(C)cc(C)n1)c1ccc(C)s1. The van der Waals surface area contributed by atoms with Crippen LogP contribution in [0.5, 0.6) is 0 Å². The molecule has 2 aromatic heterocycles. The Balaban J connectivity index is 2.28. The zero-order valence-corrected chi connectivity index (χ0v) is 14.0. The van der Waals surface area contributed by atoms with Crippen LogP contribution in [0.15, 0.2) is 23.4 Å². The van der Waals surface area contributed by atoms with E-state index in [4.69, 9.17) is 5.73 Å². The fraction of sp³-hybridized carbons (Fsp3) is 0.467. The van der Waals surface area contributed by atoms with E-state index in [-0.39, 0.29) is 11.3 Å². The van der Waals surface area contributed by atoms with Crippen LogP contribution in [0.2, 0.25) is 0 Å². The van der Waals surface area contributed by atoms with Gasteiger partial charge in [0.2, 0.25) is 0 Å². The second kappa shape index (κ2) is 6.70. The van der Waals surface area contributed by atoms with Gasteiger partial charge in [0.05, 0.1) is 5.25 Å². The average molecular weight is 307 g/mol. The van der Waals surface area contributed by atoms with E-state index in [9.17, 15) is 0 Å². The third-order valence-electron chi connectivity index (χ3n) is 3.10. The third kappa shape index (κ3) is 3.81. The molecule has 2 N–H and O–H groups in total. The number of nitrogens with zero attached hydrogens (tertiary/aromatic N) is 2. The number of hydrogen-bond acceptors (Lipinski definition) is 5. The lowest BCUT2D eigenvalue weighted by Gasteiger charge is -2.20. The van der Waals surface area contributed by atoms with E-state index < -0.39 is 0 Å². The second-order valence-corrected chi connectivity index (χ2v) is 7.42. The molecule has 20 heavy (non-hydrogen) atoms. The van der Waals surface area contributed by atoms with Crippen LogP contribution in [-0.2, 0) is 0 Å². The maximum absolute atomic E-state index is 6.31. The van der Waals surface area contributed by atoms with Gasteiger partial charge in [-0.05, 0) is 45.4 Å². The van der Waals surface area contributed by atoms with Crippen molar-refractivity contribution in [3.05, 3.63) is 39.3 Å².